The van der Waals surface area contributed by atoms with E-state index in [1.807, 2.05) is 13.8 Å². The number of ether oxygens (including phenoxy) is 1. The Morgan fingerprint density at radius 3 is 2.95 bits per heavy atom. The number of hydrogen-bond acceptors (Lipinski definition) is 3. The maximum atomic E-state index is 13.2. The standard InChI is InChI=1S/C14H17ClFNO3/c1-14(2)8-17(7-10(6-15)20-14)13(19)11-5-9(16)3-4-12(11)18/h3-5,10,18H,6-8H2,1-2H3. The molecule has 0 aromatic heterocycles. The monoisotopic (exact) mass is 301 g/mol. The van der Waals surface area contributed by atoms with Crippen LogP contribution in [0.4, 0.5) is 4.39 Å². The molecule has 110 valence electrons. The summed E-state index contributed by atoms with van der Waals surface area (Å²) in [6.07, 6.45) is -0.278. The number of hydrogen-bond donors (Lipinski definition) is 1. The van der Waals surface area contributed by atoms with Crippen molar-refractivity contribution in [1.82, 2.24) is 4.90 Å². The molecule has 0 spiro atoms. The number of nitrogens with zero attached hydrogens (tertiary/aromatic N) is 1. The lowest BCUT2D eigenvalue weighted by Gasteiger charge is -2.42. The van der Waals surface area contributed by atoms with Crippen molar-refractivity contribution in [2.45, 2.75) is 25.6 Å². The van der Waals surface area contributed by atoms with E-state index in [-0.39, 0.29) is 23.3 Å². The Bertz CT molecular complexity index is 521. The second kappa shape index (κ2) is 5.58. The van der Waals surface area contributed by atoms with Crippen LogP contribution in [0.2, 0.25) is 0 Å². The van der Waals surface area contributed by atoms with Gasteiger partial charge < -0.3 is 14.7 Å². The fraction of sp³-hybridized carbons (Fsp3) is 0.500. The van der Waals surface area contributed by atoms with Crippen molar-refractivity contribution < 1.29 is 19.0 Å². The molecule has 1 saturated heterocycles. The normalized spacial score (nSPS) is 21.8. The van der Waals surface area contributed by atoms with Crippen LogP contribution in [-0.2, 0) is 4.74 Å². The fourth-order valence-electron chi connectivity index (χ4n) is 2.38. The first-order chi connectivity index (χ1) is 9.32. The van der Waals surface area contributed by atoms with E-state index in [9.17, 15) is 14.3 Å². The Morgan fingerprint density at radius 2 is 2.30 bits per heavy atom. The van der Waals surface area contributed by atoms with Crippen LogP contribution in [0.3, 0.4) is 0 Å². The van der Waals surface area contributed by atoms with Crippen LogP contribution >= 0.6 is 11.6 Å². The van der Waals surface area contributed by atoms with Crippen molar-refractivity contribution in [3.8, 4) is 5.75 Å². The molecular weight excluding hydrogens is 285 g/mol. The van der Waals surface area contributed by atoms with Crippen LogP contribution in [0.5, 0.6) is 5.75 Å². The molecule has 0 aliphatic carbocycles. The number of phenols is 1. The maximum Gasteiger partial charge on any atom is 0.257 e. The number of benzene rings is 1. The van der Waals surface area contributed by atoms with Crippen molar-refractivity contribution in [2.24, 2.45) is 0 Å². The molecule has 1 fully saturated rings. The molecule has 1 aromatic rings. The average molecular weight is 302 g/mol. The topological polar surface area (TPSA) is 49.8 Å². The lowest BCUT2D eigenvalue weighted by atomic mass is 10.0. The van der Waals surface area contributed by atoms with Gasteiger partial charge in [0.15, 0.2) is 0 Å². The molecule has 1 heterocycles. The molecule has 4 nitrogen and oxygen atoms in total. The first-order valence-electron chi connectivity index (χ1n) is 6.34. The molecule has 1 aromatic carbocycles. The van der Waals surface area contributed by atoms with Crippen molar-refractivity contribution in [2.75, 3.05) is 19.0 Å². The summed E-state index contributed by atoms with van der Waals surface area (Å²) in [6, 6.07) is 3.32. The van der Waals surface area contributed by atoms with Crippen LogP contribution in [-0.4, -0.2) is 46.6 Å². The van der Waals surface area contributed by atoms with E-state index < -0.39 is 17.3 Å². The summed E-state index contributed by atoms with van der Waals surface area (Å²) >= 11 is 5.81. The minimum atomic E-state index is -0.562. The van der Waals surface area contributed by atoms with E-state index in [0.717, 1.165) is 12.1 Å². The molecule has 1 aliphatic heterocycles. The average Bonchev–Trinajstić information content (AvgIpc) is 2.38. The van der Waals surface area contributed by atoms with Gasteiger partial charge in [-0.15, -0.1) is 11.6 Å². The van der Waals surface area contributed by atoms with E-state index >= 15 is 0 Å². The van der Waals surface area contributed by atoms with Gasteiger partial charge >= 0.3 is 0 Å². The van der Waals surface area contributed by atoms with Gasteiger partial charge in [0.05, 0.1) is 23.1 Å². The number of carbonyl (C=O) groups excluding carboxylic acids is 1. The van der Waals surface area contributed by atoms with Gasteiger partial charge in [-0.25, -0.2) is 4.39 Å². The summed E-state index contributed by atoms with van der Waals surface area (Å²) in [5, 5.41) is 9.72. The van der Waals surface area contributed by atoms with Crippen LogP contribution in [0.15, 0.2) is 18.2 Å². The van der Waals surface area contributed by atoms with Crippen LogP contribution in [0, 0.1) is 5.82 Å². The SMILES string of the molecule is CC1(C)CN(C(=O)c2cc(F)ccc2O)CC(CCl)O1. The Labute approximate surface area is 122 Å². The van der Waals surface area contributed by atoms with Crippen molar-refractivity contribution in [3.63, 3.8) is 0 Å². The highest BCUT2D eigenvalue weighted by Gasteiger charge is 2.36. The van der Waals surface area contributed by atoms with Gasteiger partial charge in [-0.1, -0.05) is 0 Å². The van der Waals surface area contributed by atoms with Crippen LogP contribution in [0.1, 0.15) is 24.2 Å². The lowest BCUT2D eigenvalue weighted by Crippen LogP contribution is -2.55. The molecule has 0 bridgehead atoms. The van der Waals surface area contributed by atoms with Crippen LogP contribution < -0.4 is 0 Å². The zero-order valence-corrected chi connectivity index (χ0v) is 12.2. The molecule has 1 amide bonds. The quantitative estimate of drug-likeness (QED) is 0.853. The Kier molecular flexibility index (Phi) is 4.20. The van der Waals surface area contributed by atoms with E-state index in [4.69, 9.17) is 16.3 Å². The third kappa shape index (κ3) is 3.22. The minimum Gasteiger partial charge on any atom is -0.507 e. The molecule has 1 atom stereocenters. The summed E-state index contributed by atoms with van der Waals surface area (Å²) in [4.78, 5) is 14.0. The first kappa shape index (κ1) is 15.1. The maximum absolute atomic E-state index is 13.2. The molecule has 1 unspecified atom stereocenters. The molecule has 20 heavy (non-hydrogen) atoms. The Hall–Kier alpha value is -1.33. The molecular formula is C14H17ClFNO3. The van der Waals surface area contributed by atoms with E-state index in [1.54, 1.807) is 0 Å². The second-order valence-electron chi connectivity index (χ2n) is 5.50. The number of morpholine rings is 1. The van der Waals surface area contributed by atoms with Gasteiger partial charge in [0.2, 0.25) is 0 Å². The van der Waals surface area contributed by atoms with E-state index in [2.05, 4.69) is 0 Å². The van der Waals surface area contributed by atoms with E-state index in [1.165, 1.54) is 11.0 Å². The fourth-order valence-corrected chi connectivity index (χ4v) is 2.54. The zero-order valence-electron chi connectivity index (χ0n) is 11.4. The lowest BCUT2D eigenvalue weighted by molar-refractivity contribution is -0.117. The number of rotatable bonds is 2. The van der Waals surface area contributed by atoms with Crippen molar-refractivity contribution >= 4 is 17.5 Å². The summed E-state index contributed by atoms with van der Waals surface area (Å²) in [6.45, 7) is 4.39. The molecule has 0 saturated carbocycles. The molecule has 1 aliphatic rings. The summed E-state index contributed by atoms with van der Waals surface area (Å²) in [5.41, 5.74) is -0.577. The number of phenolic OH excluding ortho intramolecular Hbond substituents is 1. The van der Waals surface area contributed by atoms with Crippen molar-refractivity contribution in [3.05, 3.63) is 29.6 Å². The highest BCUT2D eigenvalue weighted by atomic mass is 35.5. The zero-order chi connectivity index (χ0) is 14.9. The highest BCUT2D eigenvalue weighted by Crippen LogP contribution is 2.26. The third-order valence-corrected chi connectivity index (χ3v) is 3.47. The number of aromatic hydroxyl groups is 1. The second-order valence-corrected chi connectivity index (χ2v) is 5.81. The first-order valence-corrected chi connectivity index (χ1v) is 6.87. The van der Waals surface area contributed by atoms with Gasteiger partial charge in [-0.2, -0.15) is 0 Å². The molecule has 6 heteroatoms. The van der Waals surface area contributed by atoms with Gasteiger partial charge in [0, 0.05) is 13.1 Å². The van der Waals surface area contributed by atoms with Gasteiger partial charge in [-0.3, -0.25) is 4.79 Å². The summed E-state index contributed by atoms with van der Waals surface area (Å²) < 4.78 is 19.0. The van der Waals surface area contributed by atoms with Gasteiger partial charge in [-0.05, 0) is 32.0 Å². The predicted molar refractivity (Wildman–Crippen MR) is 73.6 cm³/mol. The number of alkyl halides is 1. The molecule has 0 radical (unpaired) electrons. The number of carbonyl (C=O) groups is 1. The Balaban J connectivity index is 2.25. The van der Waals surface area contributed by atoms with Crippen molar-refractivity contribution in [1.29, 1.82) is 0 Å². The number of halogens is 2. The summed E-state index contributed by atoms with van der Waals surface area (Å²) in [7, 11) is 0. The third-order valence-electron chi connectivity index (χ3n) is 3.13. The number of amides is 1. The summed E-state index contributed by atoms with van der Waals surface area (Å²) in [5.74, 6) is -0.952. The minimum absolute atomic E-state index is 0.0453. The predicted octanol–water partition coefficient (Wildman–Crippen LogP) is 2.39. The smallest absolute Gasteiger partial charge is 0.257 e. The molecule has 2 rings (SSSR count). The van der Waals surface area contributed by atoms with E-state index in [0.29, 0.717) is 13.1 Å². The largest absolute Gasteiger partial charge is 0.507 e. The van der Waals surface area contributed by atoms with Crippen LogP contribution in [0.25, 0.3) is 0 Å². The Morgan fingerprint density at radius 1 is 1.60 bits per heavy atom. The molecule has 1 N–H and O–H groups in total. The van der Waals surface area contributed by atoms with Gasteiger partial charge in [0.25, 0.3) is 5.91 Å². The van der Waals surface area contributed by atoms with Gasteiger partial charge in [0.1, 0.15) is 11.6 Å². The highest BCUT2D eigenvalue weighted by molar-refractivity contribution is 6.18.